The Kier molecular flexibility index (Phi) is 5.45. The molecule has 0 saturated heterocycles. The number of nitrogens with one attached hydrogen (secondary N) is 1. The van der Waals surface area contributed by atoms with Crippen molar-refractivity contribution in [3.63, 3.8) is 0 Å². The molecule has 1 amide bonds. The largest absolute Gasteiger partial charge is 0.500 e. The fourth-order valence-corrected chi connectivity index (χ4v) is 1.91. The van der Waals surface area contributed by atoms with Gasteiger partial charge in [-0.3, -0.25) is 14.9 Å². The minimum atomic E-state index is -0.724. The summed E-state index contributed by atoms with van der Waals surface area (Å²) in [6.07, 6.45) is 1.23. The van der Waals surface area contributed by atoms with E-state index in [1.807, 2.05) is 0 Å². The highest BCUT2D eigenvalue weighted by Gasteiger charge is 2.19. The first-order chi connectivity index (χ1) is 11.5. The molecule has 0 saturated carbocycles. The molecule has 2 aromatic rings. The molecule has 0 aromatic heterocycles. The van der Waals surface area contributed by atoms with Crippen molar-refractivity contribution in [3.8, 4) is 11.5 Å². The van der Waals surface area contributed by atoms with Gasteiger partial charge in [-0.2, -0.15) is 5.10 Å². The molecule has 8 heteroatoms. The van der Waals surface area contributed by atoms with Crippen molar-refractivity contribution in [2.75, 3.05) is 6.61 Å². The zero-order chi connectivity index (χ0) is 17.5. The van der Waals surface area contributed by atoms with Gasteiger partial charge in [0.15, 0.2) is 5.75 Å². The van der Waals surface area contributed by atoms with Gasteiger partial charge in [-0.1, -0.05) is 18.2 Å². The van der Waals surface area contributed by atoms with Crippen LogP contribution in [0.1, 0.15) is 22.8 Å². The number of nitro groups is 1. The van der Waals surface area contributed by atoms with Crippen LogP contribution in [0.2, 0.25) is 0 Å². The van der Waals surface area contributed by atoms with Gasteiger partial charge >= 0.3 is 5.69 Å². The molecule has 0 aliphatic rings. The Balaban J connectivity index is 2.19. The third-order valence-corrected chi connectivity index (χ3v) is 2.99. The molecular formula is C16H15N3O5. The maximum Gasteiger partial charge on any atom is 0.315 e. The summed E-state index contributed by atoms with van der Waals surface area (Å²) in [5.74, 6) is -0.986. The van der Waals surface area contributed by atoms with Crippen LogP contribution in [0.4, 0.5) is 5.69 Å². The zero-order valence-corrected chi connectivity index (χ0v) is 12.8. The predicted octanol–water partition coefficient (Wildman–Crippen LogP) is 2.46. The number of phenols is 1. The standard InChI is InChI=1S/C16H15N3O5/c1-2-24-14-9-11(8-13(15(14)20)19(22)23)10-17-18-16(21)12-6-4-3-5-7-12/h3-10,20H,2H2,1H3,(H,18,21)/b17-10+. The molecule has 124 valence electrons. The summed E-state index contributed by atoms with van der Waals surface area (Å²) < 4.78 is 5.16. The molecule has 0 radical (unpaired) electrons. The molecule has 8 nitrogen and oxygen atoms in total. The Morgan fingerprint density at radius 3 is 2.71 bits per heavy atom. The van der Waals surface area contributed by atoms with E-state index in [0.717, 1.165) is 6.07 Å². The monoisotopic (exact) mass is 329 g/mol. The summed E-state index contributed by atoms with van der Waals surface area (Å²) in [6.45, 7) is 1.92. The summed E-state index contributed by atoms with van der Waals surface area (Å²) in [6, 6.07) is 11.0. The lowest BCUT2D eigenvalue weighted by atomic mass is 10.2. The number of nitro benzene ring substituents is 1. The first-order valence-corrected chi connectivity index (χ1v) is 7.05. The molecule has 2 aromatic carbocycles. The second kappa shape index (κ2) is 7.73. The third kappa shape index (κ3) is 4.07. The molecule has 0 bridgehead atoms. The summed E-state index contributed by atoms with van der Waals surface area (Å²) in [5, 5.41) is 24.5. The quantitative estimate of drug-likeness (QED) is 0.480. The second-order valence-electron chi connectivity index (χ2n) is 4.64. The Bertz CT molecular complexity index is 775. The smallest absolute Gasteiger partial charge is 0.315 e. The maximum absolute atomic E-state index is 11.8. The van der Waals surface area contributed by atoms with Crippen LogP contribution in [0.25, 0.3) is 0 Å². The molecule has 0 heterocycles. The van der Waals surface area contributed by atoms with E-state index in [2.05, 4.69) is 10.5 Å². The van der Waals surface area contributed by atoms with Crippen molar-refractivity contribution in [1.29, 1.82) is 0 Å². The van der Waals surface area contributed by atoms with Crippen LogP contribution in [-0.4, -0.2) is 28.8 Å². The number of nitrogens with zero attached hydrogens (tertiary/aromatic N) is 2. The van der Waals surface area contributed by atoms with Crippen LogP contribution in [-0.2, 0) is 0 Å². The van der Waals surface area contributed by atoms with Gasteiger partial charge < -0.3 is 9.84 Å². The highest BCUT2D eigenvalue weighted by Crippen LogP contribution is 2.36. The highest BCUT2D eigenvalue weighted by atomic mass is 16.6. The van der Waals surface area contributed by atoms with E-state index in [1.165, 1.54) is 12.3 Å². The molecule has 0 aliphatic heterocycles. The molecule has 2 rings (SSSR count). The SMILES string of the molecule is CCOc1cc(/C=N/NC(=O)c2ccccc2)cc([N+](=O)[O-])c1O. The Morgan fingerprint density at radius 1 is 1.38 bits per heavy atom. The Hall–Kier alpha value is -3.42. The summed E-state index contributed by atoms with van der Waals surface area (Å²) in [4.78, 5) is 22.1. The van der Waals surface area contributed by atoms with Gasteiger partial charge in [0.05, 0.1) is 17.7 Å². The number of hydrazone groups is 1. The van der Waals surface area contributed by atoms with Crippen molar-refractivity contribution in [3.05, 3.63) is 63.7 Å². The predicted molar refractivity (Wildman–Crippen MR) is 87.4 cm³/mol. The number of hydrogen-bond donors (Lipinski definition) is 2. The van der Waals surface area contributed by atoms with E-state index in [0.29, 0.717) is 11.1 Å². The molecule has 0 fully saturated rings. The van der Waals surface area contributed by atoms with Crippen LogP contribution in [0.5, 0.6) is 11.5 Å². The first kappa shape index (κ1) is 16.9. The third-order valence-electron chi connectivity index (χ3n) is 2.99. The Labute approximate surface area is 137 Å². The summed E-state index contributed by atoms with van der Waals surface area (Å²) >= 11 is 0. The van der Waals surface area contributed by atoms with Crippen LogP contribution >= 0.6 is 0 Å². The molecule has 0 spiro atoms. The number of phenolic OH excluding ortho intramolecular Hbond substituents is 1. The fraction of sp³-hybridized carbons (Fsp3) is 0.125. The summed E-state index contributed by atoms with van der Waals surface area (Å²) in [7, 11) is 0. The van der Waals surface area contributed by atoms with Crippen LogP contribution in [0, 0.1) is 10.1 Å². The van der Waals surface area contributed by atoms with Crippen LogP contribution in [0.15, 0.2) is 47.6 Å². The normalized spacial score (nSPS) is 10.5. The maximum atomic E-state index is 11.8. The van der Waals surface area contributed by atoms with Crippen LogP contribution < -0.4 is 10.2 Å². The first-order valence-electron chi connectivity index (χ1n) is 7.05. The van der Waals surface area contributed by atoms with Gasteiger partial charge in [0, 0.05) is 17.2 Å². The van der Waals surface area contributed by atoms with E-state index in [-0.39, 0.29) is 12.4 Å². The average Bonchev–Trinajstić information content (AvgIpc) is 2.58. The topological polar surface area (TPSA) is 114 Å². The van der Waals surface area contributed by atoms with E-state index < -0.39 is 22.3 Å². The minimum absolute atomic E-state index is 0.0254. The lowest BCUT2D eigenvalue weighted by molar-refractivity contribution is -0.386. The lowest BCUT2D eigenvalue weighted by Crippen LogP contribution is -2.17. The van der Waals surface area contributed by atoms with Gasteiger partial charge in [-0.25, -0.2) is 5.43 Å². The number of ether oxygens (including phenoxy) is 1. The van der Waals surface area contributed by atoms with Gasteiger partial charge in [0.25, 0.3) is 5.91 Å². The van der Waals surface area contributed by atoms with Gasteiger partial charge in [0.1, 0.15) is 0 Å². The van der Waals surface area contributed by atoms with Gasteiger partial charge in [0.2, 0.25) is 5.75 Å². The van der Waals surface area contributed by atoms with E-state index in [4.69, 9.17) is 4.74 Å². The molecule has 0 aliphatic carbocycles. The van der Waals surface area contributed by atoms with Crippen molar-refractivity contribution < 1.29 is 19.6 Å². The van der Waals surface area contributed by atoms with Crippen molar-refractivity contribution >= 4 is 17.8 Å². The molecule has 2 N–H and O–H groups in total. The van der Waals surface area contributed by atoms with Crippen molar-refractivity contribution in [2.45, 2.75) is 6.92 Å². The second-order valence-corrected chi connectivity index (χ2v) is 4.64. The van der Waals surface area contributed by atoms with Gasteiger partial charge in [-0.05, 0) is 25.1 Å². The van der Waals surface area contributed by atoms with E-state index >= 15 is 0 Å². The molecular weight excluding hydrogens is 314 g/mol. The molecule has 0 atom stereocenters. The molecule has 24 heavy (non-hydrogen) atoms. The fourth-order valence-electron chi connectivity index (χ4n) is 1.91. The van der Waals surface area contributed by atoms with Gasteiger partial charge in [-0.15, -0.1) is 0 Å². The number of hydrogen-bond acceptors (Lipinski definition) is 6. The molecule has 0 unspecified atom stereocenters. The number of carbonyl (C=O) groups excluding carboxylic acids is 1. The number of aromatic hydroxyl groups is 1. The Morgan fingerprint density at radius 2 is 2.08 bits per heavy atom. The van der Waals surface area contributed by atoms with E-state index in [1.54, 1.807) is 37.3 Å². The average molecular weight is 329 g/mol. The zero-order valence-electron chi connectivity index (χ0n) is 12.8. The minimum Gasteiger partial charge on any atom is -0.500 e. The number of amides is 1. The highest BCUT2D eigenvalue weighted by molar-refractivity contribution is 5.95. The number of carbonyl (C=O) groups is 1. The summed E-state index contributed by atoms with van der Waals surface area (Å²) in [5.41, 5.74) is 2.55. The number of rotatable bonds is 6. The van der Waals surface area contributed by atoms with E-state index in [9.17, 15) is 20.0 Å². The number of benzene rings is 2. The lowest BCUT2D eigenvalue weighted by Gasteiger charge is -2.07. The van der Waals surface area contributed by atoms with Crippen LogP contribution in [0.3, 0.4) is 0 Å². The van der Waals surface area contributed by atoms with Crippen molar-refractivity contribution in [2.24, 2.45) is 5.10 Å². The van der Waals surface area contributed by atoms with Crippen molar-refractivity contribution in [1.82, 2.24) is 5.43 Å².